The van der Waals surface area contributed by atoms with E-state index in [0.29, 0.717) is 18.7 Å². The summed E-state index contributed by atoms with van der Waals surface area (Å²) in [5.41, 5.74) is 0.486. The highest BCUT2D eigenvalue weighted by Gasteiger charge is 2.32. The molecule has 6 heteroatoms. The van der Waals surface area contributed by atoms with Crippen LogP contribution in [0.1, 0.15) is 29.8 Å². The van der Waals surface area contributed by atoms with Crippen LogP contribution in [0.25, 0.3) is 0 Å². The third kappa shape index (κ3) is 2.52. The number of aryl methyl sites for hydroxylation is 1. The smallest absolute Gasteiger partial charge is 0.306 e. The molecule has 18 heavy (non-hydrogen) atoms. The third-order valence-corrected chi connectivity index (χ3v) is 3.55. The molecule has 1 fully saturated rings. The van der Waals surface area contributed by atoms with Crippen LogP contribution in [0.4, 0.5) is 0 Å². The minimum Gasteiger partial charge on any atom is -0.481 e. The van der Waals surface area contributed by atoms with Gasteiger partial charge in [0.25, 0.3) is 5.91 Å². The number of hydrogen-bond acceptors (Lipinski definition) is 3. The van der Waals surface area contributed by atoms with Crippen LogP contribution in [-0.2, 0) is 11.8 Å². The van der Waals surface area contributed by atoms with Gasteiger partial charge in [0.05, 0.1) is 5.92 Å². The van der Waals surface area contributed by atoms with Crippen molar-refractivity contribution in [3.63, 3.8) is 0 Å². The summed E-state index contributed by atoms with van der Waals surface area (Å²) in [6, 6.07) is 1.64. The molecule has 1 aliphatic carbocycles. The molecule has 1 saturated carbocycles. The molecule has 0 spiro atoms. The number of aromatic nitrogens is 2. The second kappa shape index (κ2) is 5.20. The van der Waals surface area contributed by atoms with E-state index in [2.05, 4.69) is 10.4 Å². The van der Waals surface area contributed by atoms with Crippen molar-refractivity contribution in [2.45, 2.75) is 19.3 Å². The van der Waals surface area contributed by atoms with Gasteiger partial charge in [-0.25, -0.2) is 0 Å². The van der Waals surface area contributed by atoms with Crippen LogP contribution in [0.5, 0.6) is 0 Å². The second-order valence-electron chi connectivity index (χ2n) is 4.69. The average molecular weight is 251 g/mol. The molecule has 0 saturated heterocycles. The summed E-state index contributed by atoms with van der Waals surface area (Å²) in [5, 5.41) is 15.8. The Bertz CT molecular complexity index is 455. The Labute approximate surface area is 105 Å². The number of hydrogen-bond donors (Lipinski definition) is 2. The van der Waals surface area contributed by atoms with Crippen molar-refractivity contribution < 1.29 is 14.7 Å². The zero-order chi connectivity index (χ0) is 13.1. The lowest BCUT2D eigenvalue weighted by Gasteiger charge is -2.16. The molecule has 1 aromatic heterocycles. The molecule has 2 rings (SSSR count). The van der Waals surface area contributed by atoms with Gasteiger partial charge in [-0.3, -0.25) is 14.3 Å². The lowest BCUT2D eigenvalue weighted by atomic mass is 9.96. The number of carboxylic acids is 1. The minimum absolute atomic E-state index is 0.0414. The molecule has 0 bridgehead atoms. The van der Waals surface area contributed by atoms with Crippen LogP contribution in [0, 0.1) is 11.8 Å². The van der Waals surface area contributed by atoms with Crippen LogP contribution >= 0.6 is 0 Å². The Hall–Kier alpha value is -1.85. The molecule has 1 aliphatic rings. The SMILES string of the molecule is Cn1nccc1C(=O)NCC1CCCC1C(=O)O. The zero-order valence-corrected chi connectivity index (χ0v) is 10.3. The first-order valence-electron chi connectivity index (χ1n) is 6.08. The third-order valence-electron chi connectivity index (χ3n) is 3.55. The normalized spacial score (nSPS) is 22.9. The first-order chi connectivity index (χ1) is 8.59. The largest absolute Gasteiger partial charge is 0.481 e. The van der Waals surface area contributed by atoms with Gasteiger partial charge < -0.3 is 10.4 Å². The number of nitrogens with zero attached hydrogens (tertiary/aromatic N) is 2. The van der Waals surface area contributed by atoms with E-state index in [1.807, 2.05) is 0 Å². The number of carbonyl (C=O) groups is 2. The van der Waals surface area contributed by atoms with E-state index in [-0.39, 0.29) is 17.7 Å². The molecule has 1 heterocycles. The number of carboxylic acid groups (broad SMARTS) is 1. The number of aliphatic carboxylic acids is 1. The van der Waals surface area contributed by atoms with Crippen molar-refractivity contribution in [1.82, 2.24) is 15.1 Å². The van der Waals surface area contributed by atoms with Gasteiger partial charge in [-0.2, -0.15) is 5.10 Å². The fourth-order valence-electron chi connectivity index (χ4n) is 2.52. The maximum atomic E-state index is 11.8. The van der Waals surface area contributed by atoms with Crippen LogP contribution < -0.4 is 5.32 Å². The first-order valence-corrected chi connectivity index (χ1v) is 6.08. The van der Waals surface area contributed by atoms with Crippen molar-refractivity contribution in [3.8, 4) is 0 Å². The maximum Gasteiger partial charge on any atom is 0.306 e. The number of carbonyl (C=O) groups excluding carboxylic acids is 1. The Morgan fingerprint density at radius 2 is 2.33 bits per heavy atom. The highest BCUT2D eigenvalue weighted by atomic mass is 16.4. The summed E-state index contributed by atoms with van der Waals surface area (Å²) in [5.74, 6) is -1.24. The molecule has 0 aromatic carbocycles. The van der Waals surface area contributed by atoms with Gasteiger partial charge in [0.2, 0.25) is 0 Å². The standard InChI is InChI=1S/C12H17N3O3/c1-15-10(5-6-14-15)11(16)13-7-8-3-2-4-9(8)12(17)18/h5-6,8-9H,2-4,7H2,1H3,(H,13,16)(H,17,18). The van der Waals surface area contributed by atoms with Gasteiger partial charge in [0.1, 0.15) is 5.69 Å². The topological polar surface area (TPSA) is 84.2 Å². The van der Waals surface area contributed by atoms with Gasteiger partial charge in [0.15, 0.2) is 0 Å². The Morgan fingerprint density at radius 1 is 1.56 bits per heavy atom. The van der Waals surface area contributed by atoms with Gasteiger partial charge >= 0.3 is 5.97 Å². The van der Waals surface area contributed by atoms with Crippen molar-refractivity contribution in [1.29, 1.82) is 0 Å². The van der Waals surface area contributed by atoms with Gasteiger partial charge in [0, 0.05) is 19.8 Å². The number of nitrogens with one attached hydrogen (secondary N) is 1. The highest BCUT2D eigenvalue weighted by Crippen LogP contribution is 2.31. The van der Waals surface area contributed by atoms with Gasteiger partial charge in [-0.15, -0.1) is 0 Å². The van der Waals surface area contributed by atoms with Crippen molar-refractivity contribution >= 4 is 11.9 Å². The molecule has 1 aromatic rings. The lowest BCUT2D eigenvalue weighted by molar-refractivity contribution is -0.142. The van der Waals surface area contributed by atoms with Gasteiger partial charge in [-0.05, 0) is 24.8 Å². The molecule has 1 amide bonds. The molecular formula is C12H17N3O3. The Balaban J connectivity index is 1.90. The summed E-state index contributed by atoms with van der Waals surface area (Å²) in [4.78, 5) is 22.9. The highest BCUT2D eigenvalue weighted by molar-refractivity contribution is 5.92. The van der Waals surface area contributed by atoms with Crippen LogP contribution in [0.2, 0.25) is 0 Å². The summed E-state index contributed by atoms with van der Waals surface area (Å²) < 4.78 is 1.50. The zero-order valence-electron chi connectivity index (χ0n) is 10.3. The monoisotopic (exact) mass is 251 g/mol. The minimum atomic E-state index is -0.757. The average Bonchev–Trinajstić information content (AvgIpc) is 2.94. The van der Waals surface area contributed by atoms with E-state index in [4.69, 9.17) is 5.11 Å². The summed E-state index contributed by atoms with van der Waals surface area (Å²) >= 11 is 0. The molecule has 2 N–H and O–H groups in total. The van der Waals surface area contributed by atoms with E-state index >= 15 is 0 Å². The van der Waals surface area contributed by atoms with Crippen LogP contribution in [0.15, 0.2) is 12.3 Å². The second-order valence-corrected chi connectivity index (χ2v) is 4.69. The van der Waals surface area contributed by atoms with Gasteiger partial charge in [-0.1, -0.05) is 6.42 Å². The molecule has 6 nitrogen and oxygen atoms in total. The molecule has 98 valence electrons. The number of amides is 1. The fraction of sp³-hybridized carbons (Fsp3) is 0.583. The maximum absolute atomic E-state index is 11.8. The van der Waals surface area contributed by atoms with Crippen LogP contribution in [-0.4, -0.2) is 33.3 Å². The summed E-state index contributed by atoms with van der Waals surface area (Å²) in [6.45, 7) is 0.418. The van der Waals surface area contributed by atoms with E-state index in [1.165, 1.54) is 4.68 Å². The van der Waals surface area contributed by atoms with Crippen LogP contribution in [0.3, 0.4) is 0 Å². The Kier molecular flexibility index (Phi) is 3.64. The predicted octanol–water partition coefficient (Wildman–Crippen LogP) is 0.651. The fourth-order valence-corrected chi connectivity index (χ4v) is 2.52. The van der Waals surface area contributed by atoms with E-state index in [1.54, 1.807) is 19.3 Å². The summed E-state index contributed by atoms with van der Waals surface area (Å²) in [6.07, 6.45) is 4.05. The lowest BCUT2D eigenvalue weighted by Crippen LogP contribution is -2.33. The van der Waals surface area contributed by atoms with E-state index in [9.17, 15) is 9.59 Å². The number of rotatable bonds is 4. The molecule has 2 atom stereocenters. The quantitative estimate of drug-likeness (QED) is 0.823. The Morgan fingerprint density at radius 3 is 2.94 bits per heavy atom. The van der Waals surface area contributed by atoms with Crippen molar-refractivity contribution in [2.24, 2.45) is 18.9 Å². The molecular weight excluding hydrogens is 234 g/mol. The first kappa shape index (κ1) is 12.6. The van der Waals surface area contributed by atoms with E-state index < -0.39 is 5.97 Å². The van der Waals surface area contributed by atoms with E-state index in [0.717, 1.165) is 12.8 Å². The van der Waals surface area contributed by atoms with Crippen molar-refractivity contribution in [2.75, 3.05) is 6.54 Å². The molecule has 2 unspecified atom stereocenters. The molecule has 0 aliphatic heterocycles. The molecule has 0 radical (unpaired) electrons. The van der Waals surface area contributed by atoms with Crippen molar-refractivity contribution in [3.05, 3.63) is 18.0 Å². The summed E-state index contributed by atoms with van der Waals surface area (Å²) in [7, 11) is 1.70. The predicted molar refractivity (Wildman–Crippen MR) is 64.0 cm³/mol.